The summed E-state index contributed by atoms with van der Waals surface area (Å²) in [4.78, 5) is 25.4. The van der Waals surface area contributed by atoms with Gasteiger partial charge >= 0.3 is 0 Å². The molecule has 2 rings (SSSR count). The number of hydrogen-bond donors (Lipinski definition) is 1. The second kappa shape index (κ2) is 7.08. The zero-order valence-corrected chi connectivity index (χ0v) is 12.3. The molecule has 1 N–H and O–H groups in total. The predicted molar refractivity (Wildman–Crippen MR) is 77.3 cm³/mol. The van der Waals surface area contributed by atoms with Crippen LogP contribution in [0.3, 0.4) is 0 Å². The smallest absolute Gasteiger partial charge is 0.263 e. The minimum atomic E-state index is -0.561. The quantitative estimate of drug-likeness (QED) is 0.886. The maximum atomic E-state index is 12.2. The van der Waals surface area contributed by atoms with Gasteiger partial charge in [-0.15, -0.1) is 0 Å². The molecule has 6 nitrogen and oxygen atoms in total. The third-order valence-corrected chi connectivity index (χ3v) is 3.33. The van der Waals surface area contributed by atoms with Crippen molar-refractivity contribution in [2.45, 2.75) is 13.0 Å². The van der Waals surface area contributed by atoms with Gasteiger partial charge in [0.1, 0.15) is 5.75 Å². The molecule has 0 saturated carbocycles. The van der Waals surface area contributed by atoms with Gasteiger partial charge in [-0.05, 0) is 31.2 Å². The summed E-state index contributed by atoms with van der Waals surface area (Å²) in [7, 11) is 1.58. The summed E-state index contributed by atoms with van der Waals surface area (Å²) in [5, 5.41) is 2.55. The van der Waals surface area contributed by atoms with Crippen molar-refractivity contribution >= 4 is 11.8 Å². The maximum absolute atomic E-state index is 12.2. The number of nitrogens with one attached hydrogen (secondary N) is 1. The lowest BCUT2D eigenvalue weighted by molar-refractivity contribution is -0.142. The first-order valence-electron chi connectivity index (χ1n) is 6.97. The number of morpholine rings is 1. The van der Waals surface area contributed by atoms with Crippen molar-refractivity contribution in [1.29, 1.82) is 0 Å². The van der Waals surface area contributed by atoms with Gasteiger partial charge in [-0.1, -0.05) is 0 Å². The maximum Gasteiger partial charge on any atom is 0.263 e. The monoisotopic (exact) mass is 292 g/mol. The first-order valence-corrected chi connectivity index (χ1v) is 6.97. The van der Waals surface area contributed by atoms with Crippen molar-refractivity contribution in [2.24, 2.45) is 0 Å². The Balaban J connectivity index is 1.93. The normalized spacial score (nSPS) is 16.2. The second-order valence-corrected chi connectivity index (χ2v) is 4.80. The molecule has 1 atom stereocenters. The Morgan fingerprint density at radius 2 is 1.86 bits per heavy atom. The summed E-state index contributed by atoms with van der Waals surface area (Å²) in [5.41, 5.74) is 0.553. The summed E-state index contributed by atoms with van der Waals surface area (Å²) < 4.78 is 10.9. The molecule has 6 heteroatoms. The fraction of sp³-hybridized carbons (Fsp3) is 0.467. The van der Waals surface area contributed by atoms with Crippen LogP contribution in [0.2, 0.25) is 0 Å². The van der Waals surface area contributed by atoms with E-state index in [1.807, 2.05) is 0 Å². The van der Waals surface area contributed by atoms with Crippen molar-refractivity contribution in [3.8, 4) is 5.75 Å². The third-order valence-electron chi connectivity index (χ3n) is 3.33. The van der Waals surface area contributed by atoms with Crippen LogP contribution in [-0.4, -0.2) is 56.2 Å². The van der Waals surface area contributed by atoms with E-state index in [1.54, 1.807) is 43.1 Å². The zero-order valence-electron chi connectivity index (χ0n) is 12.3. The molecule has 0 bridgehead atoms. The molecule has 0 aliphatic carbocycles. The molecule has 114 valence electrons. The predicted octanol–water partition coefficient (Wildman–Crippen LogP) is 0.672. The molecule has 2 amide bonds. The summed E-state index contributed by atoms with van der Waals surface area (Å²) >= 11 is 0. The second-order valence-electron chi connectivity index (χ2n) is 4.80. The molecule has 0 radical (unpaired) electrons. The Morgan fingerprint density at radius 3 is 2.43 bits per heavy atom. The van der Waals surface area contributed by atoms with E-state index in [4.69, 9.17) is 9.47 Å². The van der Waals surface area contributed by atoms with Gasteiger partial charge < -0.3 is 19.7 Å². The van der Waals surface area contributed by atoms with Gasteiger partial charge in [0, 0.05) is 25.7 Å². The van der Waals surface area contributed by atoms with Gasteiger partial charge in [-0.3, -0.25) is 9.59 Å². The van der Waals surface area contributed by atoms with E-state index in [-0.39, 0.29) is 11.8 Å². The molecule has 1 aliphatic heterocycles. The van der Waals surface area contributed by atoms with Crippen LogP contribution in [0, 0.1) is 0 Å². The summed E-state index contributed by atoms with van der Waals surface area (Å²) in [5.74, 6) is 0.365. The fourth-order valence-electron chi connectivity index (χ4n) is 2.12. The Kier molecular flexibility index (Phi) is 5.16. The highest BCUT2D eigenvalue weighted by molar-refractivity contribution is 5.94. The fourth-order valence-corrected chi connectivity index (χ4v) is 2.12. The summed E-state index contributed by atoms with van der Waals surface area (Å²) in [6.07, 6.45) is -0.561. The van der Waals surface area contributed by atoms with Crippen molar-refractivity contribution in [1.82, 2.24) is 10.2 Å². The Morgan fingerprint density at radius 1 is 1.24 bits per heavy atom. The highest BCUT2D eigenvalue weighted by atomic mass is 16.5. The zero-order chi connectivity index (χ0) is 15.2. The number of nitrogens with zero attached hydrogens (tertiary/aromatic N) is 1. The molecule has 1 aromatic rings. The van der Waals surface area contributed by atoms with Crippen LogP contribution < -0.4 is 10.1 Å². The Hall–Kier alpha value is -2.08. The van der Waals surface area contributed by atoms with E-state index in [2.05, 4.69) is 5.32 Å². The molecule has 1 saturated heterocycles. The van der Waals surface area contributed by atoms with Gasteiger partial charge in [0.2, 0.25) is 0 Å². The summed E-state index contributed by atoms with van der Waals surface area (Å²) in [6, 6.07) is 6.71. The molecule has 1 aromatic carbocycles. The number of amides is 2. The molecule has 1 aliphatic rings. The van der Waals surface area contributed by atoms with Crippen molar-refractivity contribution in [2.75, 3.05) is 33.4 Å². The average molecular weight is 292 g/mol. The van der Waals surface area contributed by atoms with Gasteiger partial charge in [-0.25, -0.2) is 0 Å². The van der Waals surface area contributed by atoms with Crippen molar-refractivity contribution < 1.29 is 19.1 Å². The standard InChI is InChI=1S/C15H20N2O4/c1-11(15(19)17-7-9-20-10-8-17)21-13-5-3-12(4-6-13)14(18)16-2/h3-6,11H,7-10H2,1-2H3,(H,16,18). The van der Waals surface area contributed by atoms with E-state index < -0.39 is 6.10 Å². The first-order chi connectivity index (χ1) is 10.1. The lowest BCUT2D eigenvalue weighted by Crippen LogP contribution is -2.46. The molecule has 21 heavy (non-hydrogen) atoms. The Bertz CT molecular complexity index is 495. The molecule has 0 spiro atoms. The number of ether oxygens (including phenoxy) is 2. The van der Waals surface area contributed by atoms with Crippen LogP contribution in [0.1, 0.15) is 17.3 Å². The van der Waals surface area contributed by atoms with Gasteiger partial charge in [0.25, 0.3) is 11.8 Å². The molecular weight excluding hydrogens is 272 g/mol. The lowest BCUT2D eigenvalue weighted by atomic mass is 10.2. The molecule has 1 heterocycles. The van der Waals surface area contributed by atoms with E-state index >= 15 is 0 Å². The van der Waals surface area contributed by atoms with Gasteiger partial charge in [0.05, 0.1) is 13.2 Å². The molecule has 0 aromatic heterocycles. The van der Waals surface area contributed by atoms with E-state index in [0.29, 0.717) is 37.6 Å². The lowest BCUT2D eigenvalue weighted by Gasteiger charge is -2.29. The van der Waals surface area contributed by atoms with E-state index in [1.165, 1.54) is 0 Å². The van der Waals surface area contributed by atoms with Crippen LogP contribution in [0.4, 0.5) is 0 Å². The first kappa shape index (κ1) is 15.3. The van der Waals surface area contributed by atoms with Gasteiger partial charge in [0.15, 0.2) is 6.10 Å². The number of carbonyl (C=O) groups excluding carboxylic acids is 2. The van der Waals surface area contributed by atoms with Crippen LogP contribution in [0.5, 0.6) is 5.75 Å². The van der Waals surface area contributed by atoms with Crippen molar-refractivity contribution in [3.63, 3.8) is 0 Å². The Labute approximate surface area is 124 Å². The minimum Gasteiger partial charge on any atom is -0.481 e. The number of rotatable bonds is 4. The molecular formula is C15H20N2O4. The number of carbonyl (C=O) groups is 2. The SMILES string of the molecule is CNC(=O)c1ccc(OC(C)C(=O)N2CCOCC2)cc1. The average Bonchev–Trinajstić information content (AvgIpc) is 2.55. The number of benzene rings is 1. The van der Waals surface area contributed by atoms with Crippen LogP contribution >= 0.6 is 0 Å². The summed E-state index contributed by atoms with van der Waals surface area (Å²) in [6.45, 7) is 4.06. The molecule has 1 unspecified atom stereocenters. The van der Waals surface area contributed by atoms with Crippen molar-refractivity contribution in [3.05, 3.63) is 29.8 Å². The largest absolute Gasteiger partial charge is 0.481 e. The molecule has 1 fully saturated rings. The number of hydrogen-bond acceptors (Lipinski definition) is 4. The van der Waals surface area contributed by atoms with Crippen LogP contribution in [0.25, 0.3) is 0 Å². The third kappa shape index (κ3) is 3.95. The highest BCUT2D eigenvalue weighted by Crippen LogP contribution is 2.15. The highest BCUT2D eigenvalue weighted by Gasteiger charge is 2.23. The van der Waals surface area contributed by atoms with Crippen LogP contribution in [0.15, 0.2) is 24.3 Å². The van der Waals surface area contributed by atoms with Gasteiger partial charge in [-0.2, -0.15) is 0 Å². The van der Waals surface area contributed by atoms with Crippen LogP contribution in [-0.2, 0) is 9.53 Å². The minimum absolute atomic E-state index is 0.0475. The topological polar surface area (TPSA) is 67.9 Å². The van der Waals surface area contributed by atoms with E-state index in [0.717, 1.165) is 0 Å². The van der Waals surface area contributed by atoms with E-state index in [9.17, 15) is 9.59 Å².